The van der Waals surface area contributed by atoms with Crippen molar-refractivity contribution in [2.45, 2.75) is 30.6 Å². The molecule has 0 aliphatic heterocycles. The standard InChI is InChI=1S/C14H21NOS/c1-16-10-12-5-3-6-13(9-12)15-11-14(17-2)7-4-8-14/h3,5-6,9,15H,4,7-8,10-11H2,1-2H3. The molecule has 0 atom stereocenters. The van der Waals surface area contributed by atoms with Gasteiger partial charge in [0, 0.05) is 24.1 Å². The number of benzene rings is 1. The third-order valence-corrected chi connectivity index (χ3v) is 4.97. The molecule has 1 fully saturated rings. The molecule has 1 aliphatic rings. The SMILES string of the molecule is COCc1cccc(NCC2(SC)CCC2)c1. The van der Waals surface area contributed by atoms with Crippen LogP contribution in [0, 0.1) is 0 Å². The predicted octanol–water partition coefficient (Wildman–Crippen LogP) is 3.53. The highest BCUT2D eigenvalue weighted by molar-refractivity contribution is 8.00. The molecule has 0 aromatic heterocycles. The third kappa shape index (κ3) is 3.17. The number of nitrogens with one attached hydrogen (secondary N) is 1. The second kappa shape index (κ2) is 5.78. The molecule has 1 aromatic rings. The van der Waals surface area contributed by atoms with Crippen LogP contribution in [-0.4, -0.2) is 24.7 Å². The van der Waals surface area contributed by atoms with Crippen LogP contribution < -0.4 is 5.32 Å². The monoisotopic (exact) mass is 251 g/mol. The molecular formula is C14H21NOS. The number of rotatable bonds is 6. The summed E-state index contributed by atoms with van der Waals surface area (Å²) >= 11 is 2.01. The maximum atomic E-state index is 5.15. The summed E-state index contributed by atoms with van der Waals surface area (Å²) in [5.41, 5.74) is 2.43. The molecule has 0 saturated heterocycles. The van der Waals surface area contributed by atoms with Gasteiger partial charge in [0.05, 0.1) is 6.61 Å². The van der Waals surface area contributed by atoms with E-state index in [9.17, 15) is 0 Å². The molecule has 1 aliphatic carbocycles. The Kier molecular flexibility index (Phi) is 4.35. The lowest BCUT2D eigenvalue weighted by molar-refractivity contribution is 0.185. The van der Waals surface area contributed by atoms with Gasteiger partial charge in [-0.25, -0.2) is 0 Å². The smallest absolute Gasteiger partial charge is 0.0713 e. The van der Waals surface area contributed by atoms with Crippen molar-refractivity contribution in [3.63, 3.8) is 0 Å². The van der Waals surface area contributed by atoms with Crippen molar-refractivity contribution in [1.82, 2.24) is 0 Å². The van der Waals surface area contributed by atoms with E-state index in [-0.39, 0.29) is 0 Å². The van der Waals surface area contributed by atoms with Gasteiger partial charge in [-0.2, -0.15) is 11.8 Å². The second-order valence-corrected chi connectivity index (χ2v) is 6.00. The van der Waals surface area contributed by atoms with Gasteiger partial charge in [0.2, 0.25) is 0 Å². The average molecular weight is 251 g/mol. The zero-order valence-corrected chi connectivity index (χ0v) is 11.5. The fraction of sp³-hybridized carbons (Fsp3) is 0.571. The number of thioether (sulfide) groups is 1. The van der Waals surface area contributed by atoms with Gasteiger partial charge in [0.1, 0.15) is 0 Å². The third-order valence-electron chi connectivity index (χ3n) is 3.55. The van der Waals surface area contributed by atoms with Crippen LogP contribution in [0.25, 0.3) is 0 Å². The van der Waals surface area contributed by atoms with Crippen LogP contribution >= 0.6 is 11.8 Å². The Bertz CT molecular complexity index is 357. The van der Waals surface area contributed by atoms with Crippen LogP contribution in [0.1, 0.15) is 24.8 Å². The minimum Gasteiger partial charge on any atom is -0.384 e. The van der Waals surface area contributed by atoms with Gasteiger partial charge in [-0.1, -0.05) is 18.6 Å². The number of anilines is 1. The Morgan fingerprint density at radius 2 is 2.24 bits per heavy atom. The second-order valence-electron chi connectivity index (χ2n) is 4.73. The maximum absolute atomic E-state index is 5.15. The van der Waals surface area contributed by atoms with Crippen LogP contribution in [-0.2, 0) is 11.3 Å². The first-order chi connectivity index (χ1) is 8.28. The summed E-state index contributed by atoms with van der Waals surface area (Å²) in [5.74, 6) is 0. The van der Waals surface area contributed by atoms with Gasteiger partial charge in [0.15, 0.2) is 0 Å². The normalized spacial score (nSPS) is 17.5. The summed E-state index contributed by atoms with van der Waals surface area (Å²) in [7, 11) is 1.73. The Morgan fingerprint density at radius 1 is 1.41 bits per heavy atom. The topological polar surface area (TPSA) is 21.3 Å². The average Bonchev–Trinajstić information content (AvgIpc) is 2.29. The fourth-order valence-electron chi connectivity index (χ4n) is 2.23. The van der Waals surface area contributed by atoms with E-state index < -0.39 is 0 Å². The number of ether oxygens (including phenoxy) is 1. The van der Waals surface area contributed by atoms with Crippen LogP contribution in [0.5, 0.6) is 0 Å². The van der Waals surface area contributed by atoms with E-state index >= 15 is 0 Å². The number of hydrogen-bond donors (Lipinski definition) is 1. The van der Waals surface area contributed by atoms with Gasteiger partial charge in [0.25, 0.3) is 0 Å². The van der Waals surface area contributed by atoms with Gasteiger partial charge in [-0.3, -0.25) is 0 Å². The number of methoxy groups -OCH3 is 1. The van der Waals surface area contributed by atoms with Crippen molar-refractivity contribution in [1.29, 1.82) is 0 Å². The van der Waals surface area contributed by atoms with E-state index in [2.05, 4.69) is 35.8 Å². The van der Waals surface area contributed by atoms with Crippen molar-refractivity contribution in [2.24, 2.45) is 0 Å². The zero-order chi connectivity index (χ0) is 12.1. The van der Waals surface area contributed by atoms with Crippen LogP contribution in [0.15, 0.2) is 24.3 Å². The van der Waals surface area contributed by atoms with Gasteiger partial charge in [-0.05, 0) is 36.8 Å². The highest BCUT2D eigenvalue weighted by Gasteiger charge is 2.35. The van der Waals surface area contributed by atoms with E-state index in [0.29, 0.717) is 11.4 Å². The predicted molar refractivity (Wildman–Crippen MR) is 75.7 cm³/mol. The molecule has 0 unspecified atom stereocenters. The number of hydrogen-bond acceptors (Lipinski definition) is 3. The summed E-state index contributed by atoms with van der Waals surface area (Å²) in [4.78, 5) is 0. The quantitative estimate of drug-likeness (QED) is 0.835. The van der Waals surface area contributed by atoms with Crippen molar-refractivity contribution < 1.29 is 4.74 Å². The minimum absolute atomic E-state index is 0.483. The van der Waals surface area contributed by atoms with E-state index in [4.69, 9.17) is 4.74 Å². The van der Waals surface area contributed by atoms with Crippen LogP contribution in [0.3, 0.4) is 0 Å². The molecule has 2 nitrogen and oxygen atoms in total. The molecule has 0 spiro atoms. The first kappa shape index (κ1) is 12.8. The van der Waals surface area contributed by atoms with Crippen LogP contribution in [0.4, 0.5) is 5.69 Å². The Labute approximate surface area is 108 Å². The van der Waals surface area contributed by atoms with E-state index in [1.807, 2.05) is 11.8 Å². The molecule has 0 radical (unpaired) electrons. The Balaban J connectivity index is 1.92. The largest absolute Gasteiger partial charge is 0.384 e. The summed E-state index contributed by atoms with van der Waals surface area (Å²) < 4.78 is 5.63. The zero-order valence-electron chi connectivity index (χ0n) is 10.7. The summed E-state index contributed by atoms with van der Waals surface area (Å²) in [5, 5.41) is 3.56. The summed E-state index contributed by atoms with van der Waals surface area (Å²) in [6, 6.07) is 8.49. The van der Waals surface area contributed by atoms with E-state index in [1.165, 1.54) is 30.5 Å². The molecule has 1 saturated carbocycles. The van der Waals surface area contributed by atoms with Gasteiger partial charge >= 0.3 is 0 Å². The molecule has 0 amide bonds. The van der Waals surface area contributed by atoms with Crippen molar-refractivity contribution in [3.05, 3.63) is 29.8 Å². The first-order valence-corrected chi connectivity index (χ1v) is 7.37. The van der Waals surface area contributed by atoms with Gasteiger partial charge in [-0.15, -0.1) is 0 Å². The highest BCUT2D eigenvalue weighted by atomic mass is 32.2. The molecule has 1 N–H and O–H groups in total. The summed E-state index contributed by atoms with van der Waals surface area (Å²) in [6.45, 7) is 1.76. The van der Waals surface area contributed by atoms with Crippen molar-refractivity contribution >= 4 is 17.4 Å². The molecule has 94 valence electrons. The van der Waals surface area contributed by atoms with Gasteiger partial charge < -0.3 is 10.1 Å². The van der Waals surface area contributed by atoms with Crippen molar-refractivity contribution in [2.75, 3.05) is 25.2 Å². The van der Waals surface area contributed by atoms with E-state index in [0.717, 1.165) is 6.54 Å². The maximum Gasteiger partial charge on any atom is 0.0713 e. The molecule has 17 heavy (non-hydrogen) atoms. The first-order valence-electron chi connectivity index (χ1n) is 6.15. The highest BCUT2D eigenvalue weighted by Crippen LogP contribution is 2.42. The molecule has 3 heteroatoms. The lowest BCUT2D eigenvalue weighted by Crippen LogP contribution is -2.40. The van der Waals surface area contributed by atoms with Crippen LogP contribution in [0.2, 0.25) is 0 Å². The Morgan fingerprint density at radius 3 is 2.82 bits per heavy atom. The molecular weight excluding hydrogens is 230 g/mol. The minimum atomic E-state index is 0.483. The molecule has 0 heterocycles. The lowest BCUT2D eigenvalue weighted by Gasteiger charge is -2.40. The van der Waals surface area contributed by atoms with Crippen molar-refractivity contribution in [3.8, 4) is 0 Å². The Hall–Kier alpha value is -0.670. The molecule has 2 rings (SSSR count). The fourth-order valence-corrected chi connectivity index (χ4v) is 3.14. The summed E-state index contributed by atoms with van der Waals surface area (Å²) in [6.07, 6.45) is 6.30. The lowest BCUT2D eigenvalue weighted by atomic mass is 9.84. The molecule has 0 bridgehead atoms. The van der Waals surface area contributed by atoms with E-state index in [1.54, 1.807) is 7.11 Å². The molecule has 1 aromatic carbocycles.